The van der Waals surface area contributed by atoms with E-state index in [9.17, 15) is 4.39 Å². The molecule has 1 N–H and O–H groups in total. The van der Waals surface area contributed by atoms with E-state index in [4.69, 9.17) is 0 Å². The Balaban J connectivity index is 2.40. The molecule has 0 aliphatic carbocycles. The van der Waals surface area contributed by atoms with Crippen LogP contribution in [0.4, 0.5) is 4.39 Å². The van der Waals surface area contributed by atoms with E-state index in [1.807, 2.05) is 11.9 Å². The molecule has 0 atom stereocenters. The third-order valence-electron chi connectivity index (χ3n) is 1.97. The summed E-state index contributed by atoms with van der Waals surface area (Å²) in [6.07, 6.45) is 0. The van der Waals surface area contributed by atoms with Crippen LogP contribution in [0.1, 0.15) is 5.56 Å². The van der Waals surface area contributed by atoms with Gasteiger partial charge >= 0.3 is 0 Å². The van der Waals surface area contributed by atoms with Crippen LogP contribution in [0.3, 0.4) is 0 Å². The van der Waals surface area contributed by atoms with Crippen LogP contribution >= 0.6 is 0 Å². The van der Waals surface area contributed by atoms with Crippen molar-refractivity contribution >= 4 is 5.84 Å². The van der Waals surface area contributed by atoms with Gasteiger partial charge in [0.05, 0.1) is 5.56 Å². The van der Waals surface area contributed by atoms with Gasteiger partial charge in [-0.2, -0.15) is 5.10 Å². The number of halogens is 1. The molecule has 0 aromatic heterocycles. The number of benzene rings is 1. The highest BCUT2D eigenvalue weighted by molar-refractivity contribution is 5.99. The maximum absolute atomic E-state index is 13.3. The molecule has 1 aliphatic rings. The number of hydrogen-bond acceptors (Lipinski definition) is 3. The highest BCUT2D eigenvalue weighted by Gasteiger charge is 2.16. The zero-order valence-corrected chi connectivity index (χ0v) is 7.29. The third-order valence-corrected chi connectivity index (χ3v) is 1.97. The molecule has 2 rings (SSSR count). The monoisotopic (exact) mass is 179 g/mol. The second-order valence-corrected chi connectivity index (χ2v) is 2.93. The summed E-state index contributed by atoms with van der Waals surface area (Å²) in [5.41, 5.74) is 3.33. The average Bonchev–Trinajstić information content (AvgIpc) is 2.52. The minimum Gasteiger partial charge on any atom is -0.339 e. The fourth-order valence-corrected chi connectivity index (χ4v) is 1.28. The van der Waals surface area contributed by atoms with Crippen LogP contribution in [-0.4, -0.2) is 24.5 Å². The van der Waals surface area contributed by atoms with Crippen molar-refractivity contribution < 1.29 is 4.39 Å². The van der Waals surface area contributed by atoms with Crippen LogP contribution in [0.25, 0.3) is 0 Å². The molecule has 0 radical (unpaired) electrons. The van der Waals surface area contributed by atoms with Gasteiger partial charge in [-0.1, -0.05) is 12.1 Å². The minimum atomic E-state index is -0.239. The molecule has 0 spiro atoms. The first kappa shape index (κ1) is 8.04. The summed E-state index contributed by atoms with van der Waals surface area (Å²) in [4.78, 5) is 1.86. The van der Waals surface area contributed by atoms with E-state index in [0.29, 0.717) is 18.1 Å². The number of rotatable bonds is 1. The molecule has 0 saturated heterocycles. The summed E-state index contributed by atoms with van der Waals surface area (Å²) < 4.78 is 13.3. The smallest absolute Gasteiger partial charge is 0.159 e. The van der Waals surface area contributed by atoms with E-state index in [2.05, 4.69) is 10.5 Å². The Hall–Kier alpha value is -1.58. The second kappa shape index (κ2) is 3.05. The van der Waals surface area contributed by atoms with Gasteiger partial charge in [-0.05, 0) is 12.1 Å². The Morgan fingerprint density at radius 1 is 1.46 bits per heavy atom. The molecule has 3 nitrogen and oxygen atoms in total. The first-order chi connectivity index (χ1) is 6.29. The number of nitrogens with one attached hydrogen (secondary N) is 1. The molecule has 1 aromatic rings. The fourth-order valence-electron chi connectivity index (χ4n) is 1.28. The molecule has 0 bridgehead atoms. The van der Waals surface area contributed by atoms with Crippen molar-refractivity contribution in [2.45, 2.75) is 0 Å². The Kier molecular flexibility index (Phi) is 1.88. The van der Waals surface area contributed by atoms with Gasteiger partial charge in [0.1, 0.15) is 12.5 Å². The number of hydrogen-bond donors (Lipinski definition) is 1. The zero-order valence-electron chi connectivity index (χ0n) is 7.29. The van der Waals surface area contributed by atoms with E-state index in [-0.39, 0.29) is 5.82 Å². The summed E-state index contributed by atoms with van der Waals surface area (Å²) in [6, 6.07) is 6.62. The quantitative estimate of drug-likeness (QED) is 0.696. The molecule has 0 saturated carbocycles. The summed E-state index contributed by atoms with van der Waals surface area (Å²) in [6.45, 7) is 0.629. The molecule has 1 aliphatic heterocycles. The average molecular weight is 179 g/mol. The highest BCUT2D eigenvalue weighted by atomic mass is 19.1. The first-order valence-electron chi connectivity index (χ1n) is 4.05. The van der Waals surface area contributed by atoms with Gasteiger partial charge in [-0.15, -0.1) is 0 Å². The maximum Gasteiger partial charge on any atom is 0.159 e. The standard InChI is InChI=1S/C9H10FN3/c1-13-6-11-12-9(13)7-4-2-3-5-8(7)10/h2-5,11H,6H2,1H3. The Morgan fingerprint density at radius 3 is 2.85 bits per heavy atom. The minimum absolute atomic E-state index is 0.239. The van der Waals surface area contributed by atoms with E-state index in [1.165, 1.54) is 6.07 Å². The van der Waals surface area contributed by atoms with Crippen LogP contribution in [0.5, 0.6) is 0 Å². The number of amidine groups is 1. The second-order valence-electron chi connectivity index (χ2n) is 2.93. The summed E-state index contributed by atoms with van der Waals surface area (Å²) in [5, 5.41) is 4.00. The molecule has 1 aromatic carbocycles. The molecule has 0 amide bonds. The lowest BCUT2D eigenvalue weighted by Crippen LogP contribution is -2.25. The van der Waals surface area contributed by atoms with Crippen molar-refractivity contribution in [3.63, 3.8) is 0 Å². The van der Waals surface area contributed by atoms with Crippen molar-refractivity contribution in [3.8, 4) is 0 Å². The topological polar surface area (TPSA) is 27.6 Å². The predicted octanol–water partition coefficient (Wildman–Crippen LogP) is 0.980. The Labute approximate surface area is 75.9 Å². The molecule has 0 fully saturated rings. The Morgan fingerprint density at radius 2 is 2.23 bits per heavy atom. The van der Waals surface area contributed by atoms with Crippen LogP contribution in [-0.2, 0) is 0 Å². The third kappa shape index (κ3) is 1.35. The fraction of sp³-hybridized carbons (Fsp3) is 0.222. The van der Waals surface area contributed by atoms with Crippen molar-refractivity contribution in [1.29, 1.82) is 0 Å². The summed E-state index contributed by atoms with van der Waals surface area (Å²) in [7, 11) is 1.87. The largest absolute Gasteiger partial charge is 0.339 e. The highest BCUT2D eigenvalue weighted by Crippen LogP contribution is 2.11. The Bertz CT molecular complexity index is 348. The van der Waals surface area contributed by atoms with E-state index in [0.717, 1.165) is 0 Å². The lowest BCUT2D eigenvalue weighted by Gasteiger charge is -2.12. The molecule has 68 valence electrons. The van der Waals surface area contributed by atoms with Gasteiger partial charge in [0.2, 0.25) is 0 Å². The summed E-state index contributed by atoms with van der Waals surface area (Å²) >= 11 is 0. The van der Waals surface area contributed by atoms with Crippen molar-refractivity contribution in [2.75, 3.05) is 13.7 Å². The van der Waals surface area contributed by atoms with E-state index < -0.39 is 0 Å². The lowest BCUT2D eigenvalue weighted by molar-refractivity contribution is 0.504. The van der Waals surface area contributed by atoms with Crippen LogP contribution in [0, 0.1) is 5.82 Å². The van der Waals surface area contributed by atoms with Gasteiger partial charge in [0.25, 0.3) is 0 Å². The van der Waals surface area contributed by atoms with E-state index >= 15 is 0 Å². The molecule has 0 unspecified atom stereocenters. The van der Waals surface area contributed by atoms with Crippen molar-refractivity contribution in [2.24, 2.45) is 5.10 Å². The molecule has 1 heterocycles. The molecule has 13 heavy (non-hydrogen) atoms. The van der Waals surface area contributed by atoms with Crippen LogP contribution in [0.2, 0.25) is 0 Å². The normalized spacial score (nSPS) is 15.5. The maximum atomic E-state index is 13.3. The zero-order chi connectivity index (χ0) is 9.26. The van der Waals surface area contributed by atoms with Gasteiger partial charge in [-0.3, -0.25) is 5.43 Å². The first-order valence-corrected chi connectivity index (χ1v) is 4.05. The van der Waals surface area contributed by atoms with Crippen molar-refractivity contribution in [3.05, 3.63) is 35.6 Å². The van der Waals surface area contributed by atoms with Crippen LogP contribution in [0.15, 0.2) is 29.4 Å². The summed E-state index contributed by atoms with van der Waals surface area (Å²) in [5.74, 6) is 0.412. The van der Waals surface area contributed by atoms with Gasteiger partial charge in [-0.25, -0.2) is 4.39 Å². The van der Waals surface area contributed by atoms with E-state index in [1.54, 1.807) is 18.2 Å². The van der Waals surface area contributed by atoms with Gasteiger partial charge < -0.3 is 4.90 Å². The SMILES string of the molecule is CN1CNN=C1c1ccccc1F. The van der Waals surface area contributed by atoms with Gasteiger partial charge in [0.15, 0.2) is 5.84 Å². The molecule has 4 heteroatoms. The number of hydrazone groups is 1. The molecular formula is C9H10FN3. The molecular weight excluding hydrogens is 169 g/mol. The van der Waals surface area contributed by atoms with Crippen molar-refractivity contribution in [1.82, 2.24) is 10.3 Å². The predicted molar refractivity (Wildman–Crippen MR) is 48.7 cm³/mol. The van der Waals surface area contributed by atoms with Gasteiger partial charge in [0, 0.05) is 7.05 Å². The lowest BCUT2D eigenvalue weighted by atomic mass is 10.2. The number of nitrogens with zero attached hydrogens (tertiary/aromatic N) is 2. The van der Waals surface area contributed by atoms with Crippen LogP contribution < -0.4 is 5.43 Å².